The third-order valence-corrected chi connectivity index (χ3v) is 10.3. The summed E-state index contributed by atoms with van der Waals surface area (Å²) in [5.41, 5.74) is 2.34. The number of amides is 2. The van der Waals surface area contributed by atoms with E-state index in [2.05, 4.69) is 73.1 Å². The Morgan fingerprint density at radius 2 is 1.60 bits per heavy atom. The van der Waals surface area contributed by atoms with Gasteiger partial charge in [-0.15, -0.1) is 12.4 Å². The molecule has 2 atom stereocenters. The van der Waals surface area contributed by atoms with Crippen molar-refractivity contribution in [2.75, 3.05) is 52.5 Å². The van der Waals surface area contributed by atoms with Gasteiger partial charge in [-0.25, -0.2) is 0 Å². The van der Waals surface area contributed by atoms with Crippen molar-refractivity contribution in [3.8, 4) is 0 Å². The summed E-state index contributed by atoms with van der Waals surface area (Å²) in [6, 6.07) is 19.1. The van der Waals surface area contributed by atoms with E-state index in [9.17, 15) is 9.59 Å². The minimum absolute atomic E-state index is 0. The SMILES string of the molecule is Cl.O=C(C1CCOCC1)N1CC(CN2CCC3(CC2)CCN(Cc2ccc(Br)cc2)C3=O)C(c2ccccc2)C1. The van der Waals surface area contributed by atoms with Gasteiger partial charge in [-0.2, -0.15) is 0 Å². The smallest absolute Gasteiger partial charge is 0.229 e. The molecule has 6 nitrogen and oxygen atoms in total. The van der Waals surface area contributed by atoms with Gasteiger partial charge in [-0.1, -0.05) is 58.4 Å². The first kappa shape index (κ1) is 29.6. The van der Waals surface area contributed by atoms with E-state index < -0.39 is 0 Å². The molecule has 0 radical (unpaired) electrons. The summed E-state index contributed by atoms with van der Waals surface area (Å²) >= 11 is 3.50. The van der Waals surface area contributed by atoms with Crippen LogP contribution in [0.4, 0.5) is 0 Å². The van der Waals surface area contributed by atoms with Gasteiger partial charge in [0.2, 0.25) is 11.8 Å². The van der Waals surface area contributed by atoms with E-state index in [-0.39, 0.29) is 23.7 Å². The van der Waals surface area contributed by atoms with Gasteiger partial charge in [0.15, 0.2) is 0 Å². The highest BCUT2D eigenvalue weighted by Gasteiger charge is 2.48. The van der Waals surface area contributed by atoms with Gasteiger partial charge in [-0.3, -0.25) is 9.59 Å². The second-order valence-electron chi connectivity index (χ2n) is 12.1. The third kappa shape index (κ3) is 6.28. The van der Waals surface area contributed by atoms with Crippen molar-refractivity contribution in [2.45, 2.75) is 44.6 Å². The second kappa shape index (κ2) is 12.9. The number of hydrogen-bond acceptors (Lipinski definition) is 4. The first-order valence-electron chi connectivity index (χ1n) is 14.7. The molecule has 0 bridgehead atoms. The fourth-order valence-corrected chi connectivity index (χ4v) is 7.59. The fourth-order valence-electron chi connectivity index (χ4n) is 7.33. The lowest BCUT2D eigenvalue weighted by Gasteiger charge is -2.39. The standard InChI is InChI=1S/C32H40BrN3O3.ClH/c33-28-8-6-24(7-9-28)20-35-17-14-32(31(35)38)12-15-34(16-13-32)21-27-22-36(30(37)26-10-18-39-19-11-26)23-29(27)25-4-2-1-3-5-25;/h1-9,26-27,29H,10-23H2;1H. The summed E-state index contributed by atoms with van der Waals surface area (Å²) < 4.78 is 6.57. The van der Waals surface area contributed by atoms with Crippen LogP contribution in [0.3, 0.4) is 0 Å². The van der Waals surface area contributed by atoms with Crippen LogP contribution in [-0.4, -0.2) is 79.0 Å². The Morgan fingerprint density at radius 1 is 0.925 bits per heavy atom. The summed E-state index contributed by atoms with van der Waals surface area (Å²) in [5.74, 6) is 1.55. The molecule has 8 heteroatoms. The maximum Gasteiger partial charge on any atom is 0.229 e. The Kier molecular flexibility index (Phi) is 9.56. The van der Waals surface area contributed by atoms with Gasteiger partial charge in [0, 0.05) is 62.2 Å². The van der Waals surface area contributed by atoms with Crippen molar-refractivity contribution in [1.29, 1.82) is 0 Å². The highest BCUT2D eigenvalue weighted by atomic mass is 79.9. The number of piperidine rings is 1. The van der Waals surface area contributed by atoms with E-state index >= 15 is 0 Å². The molecule has 2 aromatic rings. The van der Waals surface area contributed by atoms with E-state index in [1.807, 2.05) is 12.1 Å². The molecule has 1 spiro atoms. The number of carbonyl (C=O) groups excluding carboxylic acids is 2. The summed E-state index contributed by atoms with van der Waals surface area (Å²) in [7, 11) is 0. The maximum absolute atomic E-state index is 13.6. The molecule has 0 saturated carbocycles. The minimum Gasteiger partial charge on any atom is -0.381 e. The molecule has 4 fully saturated rings. The minimum atomic E-state index is -0.189. The van der Waals surface area contributed by atoms with Gasteiger partial charge >= 0.3 is 0 Å². The second-order valence-corrected chi connectivity index (χ2v) is 13.0. The summed E-state index contributed by atoms with van der Waals surface area (Å²) in [6.07, 6.45) is 4.54. The lowest BCUT2D eigenvalue weighted by Crippen LogP contribution is -2.46. The maximum atomic E-state index is 13.6. The molecular formula is C32H41BrClN3O3. The summed E-state index contributed by atoms with van der Waals surface area (Å²) in [4.78, 5) is 33.7. The van der Waals surface area contributed by atoms with Crippen LogP contribution in [0.5, 0.6) is 0 Å². The molecule has 2 unspecified atom stereocenters. The Bertz CT molecular complexity index is 1150. The Labute approximate surface area is 253 Å². The molecule has 2 amide bonds. The molecule has 4 aliphatic rings. The van der Waals surface area contributed by atoms with E-state index in [4.69, 9.17) is 4.74 Å². The van der Waals surface area contributed by atoms with E-state index in [0.29, 0.717) is 43.4 Å². The van der Waals surface area contributed by atoms with Crippen LogP contribution in [-0.2, 0) is 20.9 Å². The van der Waals surface area contributed by atoms with Crippen LogP contribution in [0, 0.1) is 17.3 Å². The summed E-state index contributed by atoms with van der Waals surface area (Å²) in [6.45, 7) is 7.52. The zero-order valence-electron chi connectivity index (χ0n) is 23.2. The number of carbonyl (C=O) groups is 2. The third-order valence-electron chi connectivity index (χ3n) is 9.74. The van der Waals surface area contributed by atoms with Crippen molar-refractivity contribution in [1.82, 2.24) is 14.7 Å². The number of likely N-dealkylation sites (tertiary alicyclic amines) is 3. The van der Waals surface area contributed by atoms with Gasteiger partial charge < -0.3 is 19.4 Å². The molecule has 2 aromatic carbocycles. The lowest BCUT2D eigenvalue weighted by atomic mass is 9.76. The number of benzene rings is 2. The average molecular weight is 631 g/mol. The largest absolute Gasteiger partial charge is 0.381 e. The fraction of sp³-hybridized carbons (Fsp3) is 0.562. The molecular weight excluding hydrogens is 590 g/mol. The van der Waals surface area contributed by atoms with Crippen LogP contribution in [0.2, 0.25) is 0 Å². The monoisotopic (exact) mass is 629 g/mol. The van der Waals surface area contributed by atoms with Crippen molar-refractivity contribution >= 4 is 40.2 Å². The number of ether oxygens (including phenoxy) is 1. The van der Waals surface area contributed by atoms with Crippen LogP contribution in [0.1, 0.15) is 49.1 Å². The zero-order valence-corrected chi connectivity index (χ0v) is 25.6. The van der Waals surface area contributed by atoms with E-state index in [1.54, 1.807) is 0 Å². The molecule has 0 aliphatic carbocycles. The topological polar surface area (TPSA) is 53.1 Å². The van der Waals surface area contributed by atoms with Crippen LogP contribution >= 0.6 is 28.3 Å². The molecule has 4 heterocycles. The molecule has 4 saturated heterocycles. The van der Waals surface area contributed by atoms with Crippen molar-refractivity contribution in [3.63, 3.8) is 0 Å². The predicted molar refractivity (Wildman–Crippen MR) is 162 cm³/mol. The Hall–Kier alpha value is -1.93. The highest BCUT2D eigenvalue weighted by Crippen LogP contribution is 2.43. The molecule has 4 aliphatic heterocycles. The first-order valence-corrected chi connectivity index (χ1v) is 15.5. The van der Waals surface area contributed by atoms with Crippen LogP contribution in [0.15, 0.2) is 59.1 Å². The first-order chi connectivity index (χ1) is 19.0. The van der Waals surface area contributed by atoms with Crippen LogP contribution < -0.4 is 0 Å². The quantitative estimate of drug-likeness (QED) is 0.432. The zero-order chi connectivity index (χ0) is 26.8. The normalized spacial score (nSPS) is 25.4. The predicted octanol–water partition coefficient (Wildman–Crippen LogP) is 5.35. The van der Waals surface area contributed by atoms with Gasteiger partial charge in [-0.05, 0) is 74.4 Å². The molecule has 6 rings (SSSR count). The number of halogens is 2. The van der Waals surface area contributed by atoms with Crippen molar-refractivity contribution < 1.29 is 14.3 Å². The average Bonchev–Trinajstić information content (AvgIpc) is 3.53. The molecule has 0 N–H and O–H groups in total. The highest BCUT2D eigenvalue weighted by molar-refractivity contribution is 9.10. The molecule has 0 aromatic heterocycles. The Morgan fingerprint density at radius 3 is 2.30 bits per heavy atom. The van der Waals surface area contributed by atoms with Crippen molar-refractivity contribution in [3.05, 3.63) is 70.2 Å². The van der Waals surface area contributed by atoms with Gasteiger partial charge in [0.05, 0.1) is 5.41 Å². The van der Waals surface area contributed by atoms with Gasteiger partial charge in [0.1, 0.15) is 0 Å². The van der Waals surface area contributed by atoms with E-state index in [0.717, 1.165) is 75.8 Å². The van der Waals surface area contributed by atoms with Crippen LogP contribution in [0.25, 0.3) is 0 Å². The summed E-state index contributed by atoms with van der Waals surface area (Å²) in [5, 5.41) is 0. The van der Waals surface area contributed by atoms with Gasteiger partial charge in [0.25, 0.3) is 0 Å². The van der Waals surface area contributed by atoms with E-state index in [1.165, 1.54) is 11.1 Å². The Balaban J connectivity index is 0.00000323. The number of hydrogen-bond donors (Lipinski definition) is 0. The number of rotatable bonds is 6. The molecule has 40 heavy (non-hydrogen) atoms. The number of nitrogens with zero attached hydrogens (tertiary/aromatic N) is 3. The lowest BCUT2D eigenvalue weighted by molar-refractivity contribution is -0.139. The van der Waals surface area contributed by atoms with Crippen molar-refractivity contribution in [2.24, 2.45) is 17.3 Å². The molecule has 216 valence electrons.